The lowest BCUT2D eigenvalue weighted by Crippen LogP contribution is -2.01. The number of aromatic nitrogens is 3. The minimum atomic E-state index is -3.50. The summed E-state index contributed by atoms with van der Waals surface area (Å²) in [4.78, 5) is 13.1. The van der Waals surface area contributed by atoms with Gasteiger partial charge in [0, 0.05) is 72.2 Å². The molecule has 5 heteroatoms. The number of halogens is 1. The number of fused-ring (bicyclic) bond motifs is 3. The van der Waals surface area contributed by atoms with Gasteiger partial charge in [-0.2, -0.15) is 0 Å². The lowest BCUT2D eigenvalue weighted by molar-refractivity contribution is 0.587. The predicted molar refractivity (Wildman–Crippen MR) is 255 cm³/mol. The van der Waals surface area contributed by atoms with Crippen LogP contribution in [-0.2, 0) is 38.2 Å². The summed E-state index contributed by atoms with van der Waals surface area (Å²) in [5.41, 5.74) is -3.60. The monoisotopic (exact) mass is 839 g/mol. The van der Waals surface area contributed by atoms with Gasteiger partial charge in [0.15, 0.2) is 11.4 Å². The van der Waals surface area contributed by atoms with Crippen molar-refractivity contribution in [3.8, 4) is 44.9 Å². The molecule has 306 valence electrons. The van der Waals surface area contributed by atoms with Crippen LogP contribution in [0.4, 0.5) is 4.39 Å². The average molecular weight is 840 g/mol. The molecule has 4 heterocycles. The number of aryl methyl sites for hydroxylation is 7. The van der Waals surface area contributed by atoms with E-state index in [0.29, 0.717) is 22.5 Å². The van der Waals surface area contributed by atoms with Crippen molar-refractivity contribution in [2.24, 2.45) is 0 Å². The third kappa shape index (κ3) is 8.69. The smallest absolute Gasteiger partial charge is 0.174 e. The topological polar surface area (TPSA) is 51.8 Å². The van der Waals surface area contributed by atoms with Crippen LogP contribution in [0.25, 0.3) is 66.8 Å². The van der Waals surface area contributed by atoms with Gasteiger partial charge in [-0.25, -0.2) is 4.39 Å². The molecule has 0 N–H and O–H groups in total. The molecule has 6 aromatic carbocycles. The summed E-state index contributed by atoms with van der Waals surface area (Å²) in [5, 5.41) is 0.460. The van der Waals surface area contributed by atoms with Crippen molar-refractivity contribution in [3.63, 3.8) is 0 Å². The van der Waals surface area contributed by atoms with Gasteiger partial charge in [0.2, 0.25) is 0 Å². The van der Waals surface area contributed by atoms with Crippen molar-refractivity contribution in [1.82, 2.24) is 15.0 Å². The summed E-state index contributed by atoms with van der Waals surface area (Å²) in [7, 11) is 0. The number of furan rings is 1. The van der Waals surface area contributed by atoms with Gasteiger partial charge >= 0.3 is 0 Å². The Balaban J connectivity index is 1.09. The van der Waals surface area contributed by atoms with Gasteiger partial charge in [-0.05, 0) is 120 Å². The summed E-state index contributed by atoms with van der Waals surface area (Å²) in [5.74, 6) is -1.07. The molecule has 4 aromatic heterocycles. The van der Waals surface area contributed by atoms with Crippen molar-refractivity contribution < 1.29 is 36.2 Å². The van der Waals surface area contributed by atoms with Crippen molar-refractivity contribution in [3.05, 3.63) is 233 Å². The molecule has 0 bridgehead atoms. The quantitative estimate of drug-likeness (QED) is 0.116. The molecular weight excluding hydrogens is 774 g/mol. The summed E-state index contributed by atoms with van der Waals surface area (Å²) in [6, 6.07) is 30.6. The lowest BCUT2D eigenvalue weighted by Gasteiger charge is -2.13. The van der Waals surface area contributed by atoms with Gasteiger partial charge in [0.05, 0.1) is 23.9 Å². The van der Waals surface area contributed by atoms with E-state index in [9.17, 15) is 16.4 Å². The first kappa shape index (κ1) is 23.1. The fourth-order valence-electron chi connectivity index (χ4n) is 7.08. The molecule has 0 aliphatic rings. The highest BCUT2D eigenvalue weighted by Gasteiger charge is 2.19. The zero-order valence-corrected chi connectivity index (χ0v) is 33.1. The third-order valence-electron chi connectivity index (χ3n) is 10.2. The van der Waals surface area contributed by atoms with E-state index in [1.807, 2.05) is 0 Å². The number of benzene rings is 6. The largest absolute Gasteiger partial charge is 0.452 e. The number of pyridine rings is 3. The second kappa shape index (κ2) is 17.8. The second-order valence-corrected chi connectivity index (χ2v) is 14.3. The highest BCUT2D eigenvalue weighted by atomic mass is 19.1. The summed E-state index contributed by atoms with van der Waals surface area (Å²) < 4.78 is 203. The van der Waals surface area contributed by atoms with Crippen LogP contribution in [0.15, 0.2) is 193 Å². The number of hydrogen-bond acceptors (Lipinski definition) is 4. The molecule has 63 heavy (non-hydrogen) atoms. The Bertz CT molecular complexity index is 4000. The second-order valence-electron chi connectivity index (χ2n) is 14.3. The van der Waals surface area contributed by atoms with Gasteiger partial charge < -0.3 is 4.42 Å². The molecule has 10 rings (SSSR count). The lowest BCUT2D eigenvalue weighted by atomic mass is 9.94. The van der Waals surface area contributed by atoms with Gasteiger partial charge in [-0.3, -0.25) is 15.0 Å². The summed E-state index contributed by atoms with van der Waals surface area (Å²) in [6.45, 7) is -3.23. The van der Waals surface area contributed by atoms with Gasteiger partial charge in [-0.15, -0.1) is 0 Å². The molecule has 0 unspecified atom stereocenters. The SMILES string of the molecule is [2H]c1c([2H])c([2H])c(-c2ccc3c(oc4c(-c5cc(C([2H])([2H])[2H])c(C([2H])([2H])C([2H])([2H])c6cc(C([2H])([2H])C([2H])([2H])c7ccc(-c8ccccc8)nc7)cc(C([2H])([2H])C([2H])([2H])c7ccc(-c8ccccc8)nc7)c6)cn5)cccc43)c2F)c([2H])c1[2H]. The molecule has 0 spiro atoms. The Morgan fingerprint density at radius 2 is 1.06 bits per heavy atom. The van der Waals surface area contributed by atoms with Crippen molar-refractivity contribution in [2.75, 3.05) is 0 Å². The minimum Gasteiger partial charge on any atom is -0.452 e. The van der Waals surface area contributed by atoms with E-state index in [4.69, 9.17) is 15.4 Å². The summed E-state index contributed by atoms with van der Waals surface area (Å²) in [6.07, 6.45) is -16.5. The maximum absolute atomic E-state index is 16.6. The number of hydrogen-bond donors (Lipinski definition) is 0. The molecule has 0 aliphatic carbocycles. The van der Waals surface area contributed by atoms with Crippen LogP contribution in [0.1, 0.15) is 66.4 Å². The van der Waals surface area contributed by atoms with Crippen LogP contribution in [0.5, 0.6) is 0 Å². The molecule has 4 nitrogen and oxygen atoms in total. The highest BCUT2D eigenvalue weighted by molar-refractivity contribution is 6.10. The first-order valence-electron chi connectivity index (χ1n) is 29.8. The number of para-hydroxylation sites is 1. The van der Waals surface area contributed by atoms with Crippen LogP contribution in [0, 0.1) is 12.7 Å². The Morgan fingerprint density at radius 3 is 1.65 bits per heavy atom. The Labute approximate surface area is 395 Å². The zero-order valence-electron chi connectivity index (χ0n) is 53.1. The van der Waals surface area contributed by atoms with E-state index in [0.717, 1.165) is 42.9 Å². The zero-order chi connectivity index (χ0) is 60.1. The van der Waals surface area contributed by atoms with E-state index < -0.39 is 114 Å². The third-order valence-corrected chi connectivity index (χ3v) is 10.2. The standard InChI is InChI=1S/C58H46FN3O/c1-39-32-55(52-19-11-18-50-51-29-28-49(45-12-5-2-6-13-45)56(59)58(51)63-57(50)52)62-38-48(39)27-24-44-34-42(22-20-40-25-30-53(60-36-40)46-14-7-3-8-15-46)33-43(35-44)23-21-41-26-31-54(61-37-41)47-16-9-4-10-17-47/h2-19,25-26,28-38H,20-24,27H2,1H3/i1D3,2D,5D,6D,12D,13D,20D2,21D2,22D2,23D2,24D2,27D2. The normalized spacial score (nSPS) is 17.6. The first-order valence-corrected chi connectivity index (χ1v) is 19.8. The Hall–Kier alpha value is -7.50. The minimum absolute atomic E-state index is 0.0480. The van der Waals surface area contributed by atoms with Gasteiger partial charge in [0.25, 0.3) is 0 Å². The maximum atomic E-state index is 16.6. The van der Waals surface area contributed by atoms with Gasteiger partial charge in [-0.1, -0.05) is 139 Å². The molecular formula is C58H46FN3O. The molecule has 0 radical (unpaired) electrons. The van der Waals surface area contributed by atoms with E-state index in [1.165, 1.54) is 48.5 Å². The van der Waals surface area contributed by atoms with Crippen LogP contribution < -0.4 is 0 Å². The van der Waals surface area contributed by atoms with Crippen LogP contribution in [0.2, 0.25) is 0 Å². The van der Waals surface area contributed by atoms with Crippen molar-refractivity contribution >= 4 is 21.9 Å². The molecule has 0 amide bonds. The number of rotatable bonds is 13. The molecule has 10 aromatic rings. The van der Waals surface area contributed by atoms with Crippen LogP contribution >= 0.6 is 0 Å². The van der Waals surface area contributed by atoms with E-state index in [1.54, 1.807) is 66.7 Å². The van der Waals surface area contributed by atoms with Gasteiger partial charge in [0.1, 0.15) is 5.58 Å². The first-order chi connectivity index (χ1) is 38.8. The molecule has 0 atom stereocenters. The fourth-order valence-corrected chi connectivity index (χ4v) is 7.08. The van der Waals surface area contributed by atoms with Crippen molar-refractivity contribution in [1.29, 1.82) is 0 Å². The Kier molecular flexibility index (Phi) is 6.54. The fraction of sp³-hybridized carbons (Fsp3) is 0.121. The maximum Gasteiger partial charge on any atom is 0.174 e. The number of nitrogens with zero attached hydrogens (tertiary/aromatic N) is 3. The Morgan fingerprint density at radius 1 is 0.492 bits per heavy atom. The molecule has 0 saturated carbocycles. The van der Waals surface area contributed by atoms with E-state index >= 15 is 4.39 Å². The predicted octanol–water partition coefficient (Wildman–Crippen LogP) is 14.2. The van der Waals surface area contributed by atoms with Crippen LogP contribution in [0.3, 0.4) is 0 Å². The highest BCUT2D eigenvalue weighted by Crippen LogP contribution is 2.39. The molecule has 0 aliphatic heterocycles. The van der Waals surface area contributed by atoms with E-state index in [2.05, 4.69) is 15.0 Å². The van der Waals surface area contributed by atoms with E-state index in [-0.39, 0.29) is 49.9 Å². The average Bonchev–Trinajstić information content (AvgIpc) is 2.24. The van der Waals surface area contributed by atoms with Crippen LogP contribution in [-0.4, -0.2) is 15.0 Å². The van der Waals surface area contributed by atoms with Crippen molar-refractivity contribution in [2.45, 2.75) is 45.1 Å². The molecule has 0 saturated heterocycles. The summed E-state index contributed by atoms with van der Waals surface area (Å²) >= 11 is 0. The molecule has 0 fully saturated rings.